The Labute approximate surface area is 150 Å². The lowest BCUT2D eigenvalue weighted by atomic mass is 10.0. The van der Waals surface area contributed by atoms with E-state index >= 15 is 0 Å². The summed E-state index contributed by atoms with van der Waals surface area (Å²) in [5.41, 5.74) is 0. The summed E-state index contributed by atoms with van der Waals surface area (Å²) >= 11 is 0. The Hall–Kier alpha value is -0.130. The lowest BCUT2D eigenvalue weighted by Crippen LogP contribution is -2.20. The van der Waals surface area contributed by atoms with Crippen LogP contribution in [0, 0.1) is 0 Å². The van der Waals surface area contributed by atoms with E-state index in [0.717, 1.165) is 51.4 Å². The second-order valence-corrected chi connectivity index (χ2v) is 8.73. The summed E-state index contributed by atoms with van der Waals surface area (Å²) in [6.07, 6.45) is 17.0. The standard InChI is InChI=1S/C19H40O4S/c1-2-3-13-16-19(24(21,22)23)17-14-11-9-7-5-4-6-8-10-12-15-18-20/h19-20H,2-18H2,1H3,(H,21,22,23). The number of unbranched alkanes of at least 4 members (excludes halogenated alkanes) is 12. The molecular formula is C19H40O4S. The van der Waals surface area contributed by atoms with Gasteiger partial charge in [0.05, 0.1) is 5.25 Å². The van der Waals surface area contributed by atoms with Gasteiger partial charge in [0, 0.05) is 6.61 Å². The minimum atomic E-state index is -3.88. The van der Waals surface area contributed by atoms with E-state index in [0.29, 0.717) is 19.4 Å². The minimum absolute atomic E-state index is 0.317. The molecule has 0 aromatic carbocycles. The van der Waals surface area contributed by atoms with E-state index in [2.05, 4.69) is 6.92 Å². The van der Waals surface area contributed by atoms with Crippen molar-refractivity contribution in [3.63, 3.8) is 0 Å². The van der Waals surface area contributed by atoms with E-state index in [1.807, 2.05) is 0 Å². The van der Waals surface area contributed by atoms with Gasteiger partial charge < -0.3 is 5.11 Å². The molecule has 0 aliphatic carbocycles. The molecule has 0 radical (unpaired) electrons. The average Bonchev–Trinajstić information content (AvgIpc) is 2.53. The van der Waals surface area contributed by atoms with Crippen molar-refractivity contribution in [1.82, 2.24) is 0 Å². The van der Waals surface area contributed by atoms with Gasteiger partial charge in [-0.2, -0.15) is 8.42 Å². The summed E-state index contributed by atoms with van der Waals surface area (Å²) in [6.45, 7) is 2.41. The van der Waals surface area contributed by atoms with Crippen LogP contribution in [0.3, 0.4) is 0 Å². The molecular weight excluding hydrogens is 324 g/mol. The lowest BCUT2D eigenvalue weighted by molar-refractivity contribution is 0.282. The highest BCUT2D eigenvalue weighted by Gasteiger charge is 2.21. The van der Waals surface area contributed by atoms with E-state index in [4.69, 9.17) is 5.11 Å². The average molecular weight is 365 g/mol. The molecule has 24 heavy (non-hydrogen) atoms. The first-order valence-electron chi connectivity index (χ1n) is 10.1. The largest absolute Gasteiger partial charge is 0.396 e. The second-order valence-electron chi connectivity index (χ2n) is 7.03. The first-order chi connectivity index (χ1) is 11.5. The van der Waals surface area contributed by atoms with Crippen molar-refractivity contribution >= 4 is 10.1 Å². The molecule has 0 rings (SSSR count). The highest BCUT2D eigenvalue weighted by atomic mass is 32.2. The van der Waals surface area contributed by atoms with Crippen LogP contribution in [0.5, 0.6) is 0 Å². The van der Waals surface area contributed by atoms with Gasteiger partial charge in [-0.1, -0.05) is 90.4 Å². The van der Waals surface area contributed by atoms with Gasteiger partial charge >= 0.3 is 0 Å². The molecule has 0 aliphatic heterocycles. The van der Waals surface area contributed by atoms with Gasteiger partial charge in [0.25, 0.3) is 10.1 Å². The monoisotopic (exact) mass is 364 g/mol. The van der Waals surface area contributed by atoms with E-state index in [9.17, 15) is 13.0 Å². The molecule has 0 amide bonds. The summed E-state index contributed by atoms with van der Waals surface area (Å²) in [5.74, 6) is 0. The normalized spacial score (nSPS) is 13.3. The Morgan fingerprint density at radius 1 is 0.667 bits per heavy atom. The van der Waals surface area contributed by atoms with Crippen molar-refractivity contribution in [2.75, 3.05) is 6.61 Å². The maximum atomic E-state index is 11.4. The molecule has 2 N–H and O–H groups in total. The molecule has 0 fully saturated rings. The molecule has 0 aromatic rings. The molecule has 1 unspecified atom stereocenters. The molecule has 0 bridgehead atoms. The Bertz CT molecular complexity index is 354. The highest BCUT2D eigenvalue weighted by molar-refractivity contribution is 7.86. The van der Waals surface area contributed by atoms with Crippen molar-refractivity contribution in [3.05, 3.63) is 0 Å². The fraction of sp³-hybridized carbons (Fsp3) is 1.00. The smallest absolute Gasteiger partial charge is 0.267 e. The summed E-state index contributed by atoms with van der Waals surface area (Å²) in [6, 6.07) is 0. The Balaban J connectivity index is 3.51. The van der Waals surface area contributed by atoms with Crippen molar-refractivity contribution < 1.29 is 18.1 Å². The molecule has 0 saturated heterocycles. The van der Waals surface area contributed by atoms with Gasteiger partial charge in [0.15, 0.2) is 0 Å². The SMILES string of the molecule is CCCCCC(CCCCCCCCCCCCCO)S(=O)(=O)O. The molecule has 0 aromatic heterocycles. The van der Waals surface area contributed by atoms with Crippen LogP contribution in [0.15, 0.2) is 0 Å². The third-order valence-corrected chi connectivity index (χ3v) is 6.05. The Morgan fingerprint density at radius 3 is 1.42 bits per heavy atom. The number of aliphatic hydroxyl groups is 1. The van der Waals surface area contributed by atoms with E-state index in [-0.39, 0.29) is 0 Å². The van der Waals surface area contributed by atoms with E-state index in [1.54, 1.807) is 0 Å². The Morgan fingerprint density at radius 2 is 1.04 bits per heavy atom. The molecule has 0 spiro atoms. The van der Waals surface area contributed by atoms with Crippen molar-refractivity contribution in [1.29, 1.82) is 0 Å². The maximum absolute atomic E-state index is 11.4. The zero-order chi connectivity index (χ0) is 18.1. The van der Waals surface area contributed by atoms with Crippen molar-refractivity contribution in [2.45, 2.75) is 115 Å². The summed E-state index contributed by atoms with van der Waals surface area (Å²) in [4.78, 5) is 0. The number of aliphatic hydroxyl groups excluding tert-OH is 1. The van der Waals surface area contributed by atoms with Gasteiger partial charge in [0.2, 0.25) is 0 Å². The topological polar surface area (TPSA) is 74.6 Å². The molecule has 146 valence electrons. The fourth-order valence-corrected chi connectivity index (χ4v) is 4.07. The molecule has 0 saturated carbocycles. The van der Waals surface area contributed by atoms with Crippen LogP contribution < -0.4 is 0 Å². The van der Waals surface area contributed by atoms with Crippen LogP contribution in [-0.4, -0.2) is 29.9 Å². The van der Waals surface area contributed by atoms with Crippen LogP contribution in [-0.2, 0) is 10.1 Å². The van der Waals surface area contributed by atoms with Crippen LogP contribution in [0.2, 0.25) is 0 Å². The Kier molecular flexibility index (Phi) is 16.3. The van der Waals surface area contributed by atoms with Gasteiger partial charge in [-0.15, -0.1) is 0 Å². The van der Waals surface area contributed by atoms with Gasteiger partial charge in [-0.05, 0) is 19.3 Å². The predicted molar refractivity (Wildman–Crippen MR) is 102 cm³/mol. The van der Waals surface area contributed by atoms with Crippen LogP contribution >= 0.6 is 0 Å². The van der Waals surface area contributed by atoms with Gasteiger partial charge in [-0.3, -0.25) is 4.55 Å². The lowest BCUT2D eigenvalue weighted by Gasteiger charge is -2.13. The third kappa shape index (κ3) is 15.4. The maximum Gasteiger partial charge on any atom is 0.267 e. The number of hydrogen-bond donors (Lipinski definition) is 2. The summed E-state index contributed by atoms with van der Waals surface area (Å²) < 4.78 is 32.1. The van der Waals surface area contributed by atoms with Crippen LogP contribution in [0.1, 0.15) is 110 Å². The van der Waals surface area contributed by atoms with Crippen molar-refractivity contribution in [2.24, 2.45) is 0 Å². The number of rotatable bonds is 18. The van der Waals surface area contributed by atoms with Crippen LogP contribution in [0.4, 0.5) is 0 Å². The summed E-state index contributed by atoms with van der Waals surface area (Å²) in [7, 11) is -3.88. The summed E-state index contributed by atoms with van der Waals surface area (Å²) in [5, 5.41) is 8.14. The first-order valence-corrected chi connectivity index (χ1v) is 11.6. The van der Waals surface area contributed by atoms with Gasteiger partial charge in [-0.25, -0.2) is 0 Å². The quantitative estimate of drug-likeness (QED) is 0.249. The zero-order valence-corrected chi connectivity index (χ0v) is 16.5. The van der Waals surface area contributed by atoms with Crippen molar-refractivity contribution in [3.8, 4) is 0 Å². The molecule has 0 heterocycles. The predicted octanol–water partition coefficient (Wildman–Crippen LogP) is 5.50. The first kappa shape index (κ1) is 23.9. The van der Waals surface area contributed by atoms with E-state index < -0.39 is 15.4 Å². The highest BCUT2D eigenvalue weighted by Crippen LogP contribution is 2.18. The van der Waals surface area contributed by atoms with Gasteiger partial charge in [0.1, 0.15) is 0 Å². The molecule has 5 heteroatoms. The molecule has 1 atom stereocenters. The third-order valence-electron chi connectivity index (χ3n) is 4.74. The molecule has 0 aliphatic rings. The van der Waals surface area contributed by atoms with E-state index in [1.165, 1.54) is 38.5 Å². The van der Waals surface area contributed by atoms with Crippen LogP contribution in [0.25, 0.3) is 0 Å². The molecule has 4 nitrogen and oxygen atoms in total. The fourth-order valence-electron chi connectivity index (χ4n) is 3.14. The number of hydrogen-bond acceptors (Lipinski definition) is 3. The minimum Gasteiger partial charge on any atom is -0.396 e. The zero-order valence-electron chi connectivity index (χ0n) is 15.7. The second kappa shape index (κ2) is 16.3.